The van der Waals surface area contributed by atoms with Crippen LogP contribution in [0, 0.1) is 0 Å². The molecule has 0 atom stereocenters. The van der Waals surface area contributed by atoms with E-state index in [1.165, 1.54) is 10.5 Å². The normalized spacial score (nSPS) is 14.9. The monoisotopic (exact) mass is 613 g/mol. The summed E-state index contributed by atoms with van der Waals surface area (Å²) in [5.74, 6) is 2.59. The van der Waals surface area contributed by atoms with Gasteiger partial charge >= 0.3 is 6.09 Å². The van der Waals surface area contributed by atoms with Gasteiger partial charge < -0.3 is 28.4 Å². The van der Waals surface area contributed by atoms with Crippen molar-refractivity contribution >= 4 is 28.6 Å². The van der Waals surface area contributed by atoms with Gasteiger partial charge in [0.1, 0.15) is 17.0 Å². The van der Waals surface area contributed by atoms with Crippen molar-refractivity contribution < 1.29 is 28.5 Å². The molecular formula is C34H39N5O6. The number of aromatic nitrogens is 2. The summed E-state index contributed by atoms with van der Waals surface area (Å²) in [6.07, 6.45) is 1.17. The van der Waals surface area contributed by atoms with Gasteiger partial charge in [0.05, 0.1) is 11.9 Å². The van der Waals surface area contributed by atoms with E-state index in [-0.39, 0.29) is 12.7 Å². The van der Waals surface area contributed by atoms with Crippen molar-refractivity contribution in [2.24, 2.45) is 7.05 Å². The maximum absolute atomic E-state index is 13.6. The number of carbonyl (C=O) groups is 2. The van der Waals surface area contributed by atoms with Gasteiger partial charge in [-0.05, 0) is 75.7 Å². The average Bonchev–Trinajstić information content (AvgIpc) is 3.61. The van der Waals surface area contributed by atoms with Crippen LogP contribution >= 0.6 is 0 Å². The number of pyridine rings is 1. The van der Waals surface area contributed by atoms with E-state index >= 15 is 0 Å². The van der Waals surface area contributed by atoms with Gasteiger partial charge in [-0.3, -0.25) is 14.6 Å². The first-order valence-electron chi connectivity index (χ1n) is 15.2. The number of hydrogen-bond acceptors (Lipinski definition) is 8. The first-order chi connectivity index (χ1) is 21.6. The predicted molar refractivity (Wildman–Crippen MR) is 170 cm³/mol. The molecule has 11 heteroatoms. The van der Waals surface area contributed by atoms with Gasteiger partial charge in [0.25, 0.3) is 5.91 Å². The van der Waals surface area contributed by atoms with Crippen molar-refractivity contribution in [3.8, 4) is 23.1 Å². The number of piperazine rings is 1. The Morgan fingerprint density at radius 2 is 1.73 bits per heavy atom. The topological polar surface area (TPSA) is 98.6 Å². The molecule has 0 radical (unpaired) electrons. The van der Waals surface area contributed by atoms with E-state index in [0.29, 0.717) is 42.6 Å². The molecule has 0 saturated carbocycles. The summed E-state index contributed by atoms with van der Waals surface area (Å²) in [4.78, 5) is 36.4. The molecule has 4 heterocycles. The van der Waals surface area contributed by atoms with Gasteiger partial charge in [-0.2, -0.15) is 0 Å². The molecule has 1 saturated heterocycles. The number of anilines is 1. The van der Waals surface area contributed by atoms with Crippen molar-refractivity contribution in [3.05, 3.63) is 72.1 Å². The Morgan fingerprint density at radius 3 is 2.44 bits per heavy atom. The number of rotatable bonds is 7. The number of ether oxygens (including phenoxy) is 4. The molecule has 0 bridgehead atoms. The number of amides is 2. The molecule has 0 aliphatic carbocycles. The zero-order valence-electron chi connectivity index (χ0n) is 26.4. The lowest BCUT2D eigenvalue weighted by molar-refractivity contribution is 0.0580. The minimum Gasteiger partial charge on any atom is -0.454 e. The molecule has 0 N–H and O–H groups in total. The van der Waals surface area contributed by atoms with Crippen molar-refractivity contribution in [3.63, 3.8) is 0 Å². The highest BCUT2D eigenvalue weighted by Gasteiger charge is 2.26. The van der Waals surface area contributed by atoms with Crippen molar-refractivity contribution in [1.82, 2.24) is 19.4 Å². The molecule has 45 heavy (non-hydrogen) atoms. The fourth-order valence-corrected chi connectivity index (χ4v) is 5.61. The lowest BCUT2D eigenvalue weighted by atomic mass is 10.1. The van der Waals surface area contributed by atoms with E-state index in [1.54, 1.807) is 18.3 Å². The number of aryl methyl sites for hydroxylation is 1. The van der Waals surface area contributed by atoms with Crippen LogP contribution in [-0.2, 0) is 18.3 Å². The van der Waals surface area contributed by atoms with Crippen LogP contribution in [0.2, 0.25) is 0 Å². The van der Waals surface area contributed by atoms with Gasteiger partial charge in [-0.15, -0.1) is 0 Å². The number of carbonyl (C=O) groups excluding carboxylic acids is 2. The molecule has 2 aromatic carbocycles. The van der Waals surface area contributed by atoms with Gasteiger partial charge in [0, 0.05) is 63.3 Å². The van der Waals surface area contributed by atoms with E-state index in [4.69, 9.17) is 18.9 Å². The Morgan fingerprint density at radius 1 is 0.956 bits per heavy atom. The molecule has 2 aliphatic rings. The highest BCUT2D eigenvalue weighted by atomic mass is 16.7. The van der Waals surface area contributed by atoms with Crippen LogP contribution in [0.15, 0.2) is 60.8 Å². The Bertz CT molecular complexity index is 1700. The van der Waals surface area contributed by atoms with Crippen LogP contribution in [0.3, 0.4) is 0 Å². The van der Waals surface area contributed by atoms with Crippen LogP contribution in [0.4, 0.5) is 10.5 Å². The molecule has 2 amide bonds. The smallest absolute Gasteiger partial charge is 0.414 e. The Hall–Kier alpha value is -4.77. The Kier molecular flexibility index (Phi) is 8.28. The maximum atomic E-state index is 13.6. The second kappa shape index (κ2) is 12.3. The third kappa shape index (κ3) is 6.68. The molecule has 236 valence electrons. The van der Waals surface area contributed by atoms with Gasteiger partial charge in [-0.25, -0.2) is 9.78 Å². The molecule has 2 aliphatic heterocycles. The van der Waals surface area contributed by atoms with Crippen molar-refractivity contribution in [2.75, 3.05) is 44.4 Å². The second-order valence-corrected chi connectivity index (χ2v) is 12.2. The van der Waals surface area contributed by atoms with E-state index in [9.17, 15) is 9.59 Å². The van der Waals surface area contributed by atoms with Gasteiger partial charge in [-0.1, -0.05) is 6.07 Å². The van der Waals surface area contributed by atoms with Crippen molar-refractivity contribution in [1.29, 1.82) is 0 Å². The third-order valence-electron chi connectivity index (χ3n) is 7.92. The predicted octanol–water partition coefficient (Wildman–Crippen LogP) is 5.81. The van der Waals surface area contributed by atoms with Gasteiger partial charge in [0.2, 0.25) is 12.7 Å². The fourth-order valence-electron chi connectivity index (χ4n) is 5.61. The number of nitrogens with zero attached hydrogens (tertiary/aromatic N) is 5. The molecule has 6 rings (SSSR count). The summed E-state index contributed by atoms with van der Waals surface area (Å²) in [6, 6.07) is 17.2. The van der Waals surface area contributed by atoms with E-state index in [1.807, 2.05) is 80.6 Å². The lowest BCUT2D eigenvalue weighted by Crippen LogP contribution is -2.48. The molecule has 0 unspecified atom stereocenters. The number of benzene rings is 2. The zero-order chi connectivity index (χ0) is 31.7. The summed E-state index contributed by atoms with van der Waals surface area (Å²) < 4.78 is 24.4. The summed E-state index contributed by atoms with van der Waals surface area (Å²) in [6.45, 7) is 11.8. The Balaban J connectivity index is 1.08. The quantitative estimate of drug-likeness (QED) is 0.258. The highest BCUT2D eigenvalue weighted by Crippen LogP contribution is 2.33. The minimum absolute atomic E-state index is 0.0154. The molecule has 1 fully saturated rings. The Labute approximate surface area is 262 Å². The fraction of sp³-hybridized carbons (Fsp3) is 0.382. The number of hydrogen-bond donors (Lipinski definition) is 0. The first kappa shape index (κ1) is 30.3. The van der Waals surface area contributed by atoms with Crippen LogP contribution in [0.1, 0.15) is 43.7 Å². The second-order valence-electron chi connectivity index (χ2n) is 12.2. The minimum atomic E-state index is -0.591. The summed E-state index contributed by atoms with van der Waals surface area (Å²) in [7, 11) is 1.91. The molecule has 4 aromatic rings. The van der Waals surface area contributed by atoms with Crippen LogP contribution in [-0.4, -0.2) is 76.5 Å². The van der Waals surface area contributed by atoms with E-state index in [2.05, 4.69) is 16.0 Å². The van der Waals surface area contributed by atoms with E-state index < -0.39 is 11.7 Å². The molecule has 2 aromatic heterocycles. The first-order valence-corrected chi connectivity index (χ1v) is 15.2. The highest BCUT2D eigenvalue weighted by molar-refractivity contribution is 5.99. The van der Waals surface area contributed by atoms with Crippen molar-refractivity contribution in [2.45, 2.75) is 39.8 Å². The summed E-state index contributed by atoms with van der Waals surface area (Å²) >= 11 is 0. The van der Waals surface area contributed by atoms with Crippen LogP contribution in [0.5, 0.6) is 23.1 Å². The van der Waals surface area contributed by atoms with Crippen LogP contribution in [0.25, 0.3) is 10.9 Å². The summed E-state index contributed by atoms with van der Waals surface area (Å²) in [5.41, 5.74) is 2.77. The largest absolute Gasteiger partial charge is 0.454 e. The number of fused-ring (bicyclic) bond motifs is 2. The lowest BCUT2D eigenvalue weighted by Gasteiger charge is -2.34. The SMILES string of the molecule is CCN(C(=O)OC(C)(C)C)c1ccc(Oc2ccc3c(c2)cc(C(=O)N2CCN(Cc4ccc5c(c4)OCO5)CC2)n3C)nc1. The van der Waals surface area contributed by atoms with E-state index in [0.717, 1.165) is 42.0 Å². The molecule has 11 nitrogen and oxygen atoms in total. The summed E-state index contributed by atoms with van der Waals surface area (Å²) in [5, 5.41) is 0.901. The van der Waals surface area contributed by atoms with Crippen LogP contribution < -0.4 is 19.1 Å². The standard InChI is InChI=1S/C34H39N5O6/c1-6-39(33(41)45-34(2,3)4)25-8-12-31(35-20-25)44-26-9-10-27-24(18-26)19-28(36(27)5)32(40)38-15-13-37(14-16-38)21-23-7-11-29-30(17-23)43-22-42-29/h7-12,17-20H,6,13-16,21-22H2,1-5H3. The zero-order valence-corrected chi connectivity index (χ0v) is 26.4. The average molecular weight is 614 g/mol. The third-order valence-corrected chi connectivity index (χ3v) is 7.92. The molecular weight excluding hydrogens is 574 g/mol. The maximum Gasteiger partial charge on any atom is 0.414 e. The van der Waals surface area contributed by atoms with Gasteiger partial charge in [0.15, 0.2) is 11.5 Å². The molecule has 0 spiro atoms.